The molecule has 19 nitrogen and oxygen atoms in total. The molecule has 0 radical (unpaired) electrons. The molecule has 3 amide bonds. The summed E-state index contributed by atoms with van der Waals surface area (Å²) in [7, 11) is 0. The van der Waals surface area contributed by atoms with Gasteiger partial charge in [0.25, 0.3) is 5.91 Å². The van der Waals surface area contributed by atoms with Crippen LogP contribution in [0.15, 0.2) is 23.4 Å². The highest BCUT2D eigenvalue weighted by atomic mass is 32.1. The summed E-state index contributed by atoms with van der Waals surface area (Å²) in [6.07, 6.45) is 9.60. The summed E-state index contributed by atoms with van der Waals surface area (Å²) in [6.45, 7) is 3.80. The second-order valence-electron chi connectivity index (χ2n) is 13.6. The average molecular weight is 783 g/mol. The van der Waals surface area contributed by atoms with E-state index in [4.69, 9.17) is 22.5 Å². The summed E-state index contributed by atoms with van der Waals surface area (Å²) < 4.78 is 3.85. The molecule has 8 rings (SSSR count). The third-order valence-corrected chi connectivity index (χ3v) is 11.6. The largest absolute Gasteiger partial charge is 0.382 e. The Balaban J connectivity index is 0.000000169. The van der Waals surface area contributed by atoms with E-state index in [0.29, 0.717) is 32.6 Å². The van der Waals surface area contributed by atoms with Crippen molar-refractivity contribution in [3.05, 3.63) is 46.5 Å². The van der Waals surface area contributed by atoms with Crippen molar-refractivity contribution in [2.45, 2.75) is 77.3 Å². The molecule has 6 aromatic rings. The first-order chi connectivity index (χ1) is 26.5. The molecule has 0 bridgehead atoms. The standard InChI is InChI=1S/C17H20N8O2S.C17H18N8OS/c1-8-6-28-17(21-8)24-16(27)9-2-4-10(5-3-9)25-7-20-11-12(18)22-14(13(19)26)23-15(11)25;1-9-7-27-17(21-9)24-16(26)10-2-4-11(5-3-10)25-8-20-13-14(19)22-12(6-18)23-15(13)25/h6-7,9-10H,2-5H2,1H3,(H2,19,26)(H2,18,22,23)(H,21,24,27);7-8,10-11H,2-5H2,1H3,(H2,19,22,23)(H,21,24,26). The van der Waals surface area contributed by atoms with Gasteiger partial charge in [0.15, 0.2) is 33.2 Å². The van der Waals surface area contributed by atoms with Gasteiger partial charge in [0, 0.05) is 34.7 Å². The van der Waals surface area contributed by atoms with Crippen molar-refractivity contribution in [1.29, 1.82) is 5.26 Å². The summed E-state index contributed by atoms with van der Waals surface area (Å²) in [5.41, 5.74) is 20.9. The zero-order valence-corrected chi connectivity index (χ0v) is 31.6. The van der Waals surface area contributed by atoms with Crippen molar-refractivity contribution < 1.29 is 14.4 Å². The van der Waals surface area contributed by atoms with Crippen LogP contribution in [-0.2, 0) is 9.59 Å². The molecule has 284 valence electrons. The van der Waals surface area contributed by atoms with Gasteiger partial charge in [0.1, 0.15) is 17.1 Å². The van der Waals surface area contributed by atoms with E-state index in [-0.39, 0.29) is 59.0 Å². The van der Waals surface area contributed by atoms with Crippen LogP contribution in [0.25, 0.3) is 22.3 Å². The number of aromatic nitrogens is 10. The summed E-state index contributed by atoms with van der Waals surface area (Å²) in [4.78, 5) is 69.9. The first-order valence-electron chi connectivity index (χ1n) is 17.6. The van der Waals surface area contributed by atoms with E-state index in [0.717, 1.165) is 62.8 Å². The minimum absolute atomic E-state index is 0.00544. The number of imidazole rings is 2. The predicted octanol–water partition coefficient (Wildman–Crippen LogP) is 4.06. The lowest BCUT2D eigenvalue weighted by molar-refractivity contribution is -0.121. The molecule has 6 heterocycles. The number of nitrogens with one attached hydrogen (secondary N) is 2. The summed E-state index contributed by atoms with van der Waals surface area (Å²) in [5.74, 6) is -0.550. The Bertz CT molecular complexity index is 2430. The lowest BCUT2D eigenvalue weighted by Gasteiger charge is -2.28. The quantitative estimate of drug-likeness (QED) is 0.153. The second-order valence-corrected chi connectivity index (χ2v) is 15.3. The van der Waals surface area contributed by atoms with Gasteiger partial charge in [-0.25, -0.2) is 29.9 Å². The van der Waals surface area contributed by atoms with E-state index in [1.54, 1.807) is 12.7 Å². The molecule has 0 aliphatic heterocycles. The molecule has 0 aromatic carbocycles. The lowest BCUT2D eigenvalue weighted by Crippen LogP contribution is -2.28. The molecule has 0 spiro atoms. The predicted molar refractivity (Wildman–Crippen MR) is 206 cm³/mol. The molecular weight excluding hydrogens is 745 g/mol. The highest BCUT2D eigenvalue weighted by Crippen LogP contribution is 2.36. The minimum atomic E-state index is -0.737. The van der Waals surface area contributed by atoms with Gasteiger partial charge in [-0.1, -0.05) is 0 Å². The van der Waals surface area contributed by atoms with Crippen molar-refractivity contribution in [2.75, 3.05) is 22.1 Å². The number of carbonyl (C=O) groups excluding carboxylic acids is 3. The van der Waals surface area contributed by atoms with Crippen LogP contribution in [0.1, 0.15) is 91.3 Å². The second kappa shape index (κ2) is 15.7. The van der Waals surface area contributed by atoms with Crippen molar-refractivity contribution in [1.82, 2.24) is 49.0 Å². The van der Waals surface area contributed by atoms with Gasteiger partial charge in [0.05, 0.1) is 24.0 Å². The number of nitrogens with zero attached hydrogens (tertiary/aromatic N) is 11. The molecule has 8 N–H and O–H groups in total. The van der Waals surface area contributed by atoms with Gasteiger partial charge >= 0.3 is 0 Å². The number of carbonyl (C=O) groups is 3. The molecule has 55 heavy (non-hydrogen) atoms. The zero-order valence-electron chi connectivity index (χ0n) is 30.0. The number of amides is 3. The Morgan fingerprint density at radius 1 is 0.709 bits per heavy atom. The molecule has 21 heteroatoms. The molecule has 6 aromatic heterocycles. The number of anilines is 4. The number of primary amides is 1. The van der Waals surface area contributed by atoms with Crippen LogP contribution in [0.2, 0.25) is 0 Å². The fraction of sp³-hybridized carbons (Fsp3) is 0.412. The van der Waals surface area contributed by atoms with Crippen LogP contribution in [0.5, 0.6) is 0 Å². The number of thiazole rings is 2. The van der Waals surface area contributed by atoms with Gasteiger partial charge in [-0.3, -0.25) is 14.4 Å². The number of hydrogen-bond acceptors (Lipinski definition) is 16. The SMILES string of the molecule is Cc1csc(NC(=O)C2CCC(n3cnc4c(N)nc(C#N)nc43)CC2)n1.Cc1csc(NC(=O)C2CCC(n3cnc4c(N)nc(C(N)=O)nc43)CC2)n1. The Morgan fingerprint density at radius 3 is 1.58 bits per heavy atom. The first kappa shape index (κ1) is 37.2. The van der Waals surface area contributed by atoms with Gasteiger partial charge in [-0.2, -0.15) is 15.2 Å². The molecule has 2 aliphatic rings. The molecule has 0 unspecified atom stereocenters. The van der Waals surface area contributed by atoms with Crippen LogP contribution in [0.4, 0.5) is 21.9 Å². The normalized spacial score (nSPS) is 19.7. The van der Waals surface area contributed by atoms with Gasteiger partial charge in [-0.05, 0) is 65.2 Å². The number of nitrogens with two attached hydrogens (primary N) is 3. The fourth-order valence-corrected chi connectivity index (χ4v) is 8.42. The Labute approximate surface area is 321 Å². The monoisotopic (exact) mass is 782 g/mol. The van der Waals surface area contributed by atoms with Crippen molar-refractivity contribution in [2.24, 2.45) is 17.6 Å². The summed E-state index contributed by atoms with van der Waals surface area (Å²) >= 11 is 2.87. The van der Waals surface area contributed by atoms with E-state index in [1.807, 2.05) is 39.8 Å². The fourth-order valence-electron chi connectivity index (χ4n) is 7.04. The molecule has 0 saturated heterocycles. The number of aryl methyl sites for hydroxylation is 2. The van der Waals surface area contributed by atoms with Crippen LogP contribution < -0.4 is 27.8 Å². The minimum Gasteiger partial charge on any atom is -0.382 e. The van der Waals surface area contributed by atoms with Crippen LogP contribution in [-0.4, -0.2) is 66.7 Å². The van der Waals surface area contributed by atoms with Crippen molar-refractivity contribution in [3.8, 4) is 6.07 Å². The number of nitrogen functional groups attached to an aromatic ring is 2. The Morgan fingerprint density at radius 2 is 1.16 bits per heavy atom. The molecule has 2 aliphatic carbocycles. The third kappa shape index (κ3) is 8.04. The molecule has 2 saturated carbocycles. The smallest absolute Gasteiger partial charge is 0.286 e. The number of fused-ring (bicyclic) bond motifs is 2. The average Bonchev–Trinajstić information content (AvgIpc) is 3.99. The van der Waals surface area contributed by atoms with Crippen molar-refractivity contribution in [3.63, 3.8) is 0 Å². The number of rotatable bonds is 7. The molecule has 2 fully saturated rings. The molecular formula is C34H38N16O3S2. The van der Waals surface area contributed by atoms with E-state index in [1.165, 1.54) is 22.7 Å². The van der Waals surface area contributed by atoms with E-state index >= 15 is 0 Å². The number of hydrogen-bond donors (Lipinski definition) is 5. The van der Waals surface area contributed by atoms with Crippen LogP contribution in [0.3, 0.4) is 0 Å². The maximum Gasteiger partial charge on any atom is 0.286 e. The topological polar surface area (TPSA) is 290 Å². The Kier molecular flexibility index (Phi) is 10.6. The van der Waals surface area contributed by atoms with E-state index < -0.39 is 5.91 Å². The highest BCUT2D eigenvalue weighted by Gasteiger charge is 2.30. The molecule has 0 atom stereocenters. The van der Waals surface area contributed by atoms with Crippen LogP contribution in [0, 0.1) is 37.0 Å². The van der Waals surface area contributed by atoms with E-state index in [2.05, 4.69) is 50.5 Å². The number of nitriles is 1. The lowest BCUT2D eigenvalue weighted by atomic mass is 9.85. The van der Waals surface area contributed by atoms with Crippen molar-refractivity contribution >= 4 is 84.6 Å². The van der Waals surface area contributed by atoms with E-state index in [9.17, 15) is 14.4 Å². The third-order valence-electron chi connectivity index (χ3n) is 9.84. The maximum absolute atomic E-state index is 12.5. The first-order valence-corrected chi connectivity index (χ1v) is 19.4. The van der Waals surface area contributed by atoms with Gasteiger partial charge < -0.3 is 37.0 Å². The van der Waals surface area contributed by atoms with Gasteiger partial charge in [-0.15, -0.1) is 22.7 Å². The maximum atomic E-state index is 12.5. The summed E-state index contributed by atoms with van der Waals surface area (Å²) in [5, 5.41) is 20.0. The zero-order chi connectivity index (χ0) is 38.8. The summed E-state index contributed by atoms with van der Waals surface area (Å²) in [6, 6.07) is 2.21. The Hall–Kier alpha value is -6.14. The van der Waals surface area contributed by atoms with Gasteiger partial charge in [0.2, 0.25) is 23.5 Å². The highest BCUT2D eigenvalue weighted by molar-refractivity contribution is 7.14. The van der Waals surface area contributed by atoms with Crippen LogP contribution >= 0.6 is 22.7 Å².